The largest absolute Gasteiger partial charge is 0.476 e. The molecule has 0 spiro atoms. The minimum atomic E-state index is -0.958. The summed E-state index contributed by atoms with van der Waals surface area (Å²) in [6.07, 6.45) is 3.89. The highest BCUT2D eigenvalue weighted by Gasteiger charge is 2.21. The highest BCUT2D eigenvalue weighted by molar-refractivity contribution is 5.86. The van der Waals surface area contributed by atoms with Crippen LogP contribution in [-0.2, 0) is 33.0 Å². The monoisotopic (exact) mass is 299 g/mol. The molecule has 1 aromatic carbocycles. The molecule has 3 rings (SSSR count). The van der Waals surface area contributed by atoms with Crippen molar-refractivity contribution in [1.29, 1.82) is 0 Å². The van der Waals surface area contributed by atoms with Gasteiger partial charge in [-0.15, -0.1) is 0 Å². The van der Waals surface area contributed by atoms with Gasteiger partial charge in [0, 0.05) is 38.4 Å². The number of carboxylic acid groups (broad SMARTS) is 1. The summed E-state index contributed by atoms with van der Waals surface area (Å²) in [5.41, 5.74) is 5.11. The Kier molecular flexibility index (Phi) is 3.98. The van der Waals surface area contributed by atoms with Crippen LogP contribution in [0.2, 0.25) is 0 Å². The topological polar surface area (TPSA) is 58.4 Å². The van der Waals surface area contributed by atoms with E-state index in [4.69, 9.17) is 0 Å². The van der Waals surface area contributed by atoms with Crippen molar-refractivity contribution >= 4 is 5.97 Å². The van der Waals surface area contributed by atoms with Crippen LogP contribution in [-0.4, -0.2) is 32.3 Å². The van der Waals surface area contributed by atoms with Gasteiger partial charge in [-0.1, -0.05) is 25.1 Å². The molecule has 0 unspecified atom stereocenters. The third kappa shape index (κ3) is 2.90. The lowest BCUT2D eigenvalue weighted by Crippen LogP contribution is -2.30. The first-order chi connectivity index (χ1) is 10.6. The van der Waals surface area contributed by atoms with E-state index in [1.165, 1.54) is 16.7 Å². The van der Waals surface area contributed by atoms with Crippen molar-refractivity contribution in [3.05, 3.63) is 52.3 Å². The SMILES string of the molecule is CCc1ccc2c(c1)CCN(Cc1cn(C)nc1C(=O)O)C2. The maximum atomic E-state index is 11.3. The van der Waals surface area contributed by atoms with Gasteiger partial charge >= 0.3 is 5.97 Å². The lowest BCUT2D eigenvalue weighted by Gasteiger charge is -2.28. The Morgan fingerprint density at radius 2 is 2.18 bits per heavy atom. The number of carbonyl (C=O) groups is 1. The van der Waals surface area contributed by atoms with Gasteiger partial charge in [-0.05, 0) is 29.5 Å². The van der Waals surface area contributed by atoms with Crippen LogP contribution < -0.4 is 0 Å². The number of aromatic carboxylic acids is 1. The molecule has 5 heteroatoms. The average molecular weight is 299 g/mol. The van der Waals surface area contributed by atoms with E-state index >= 15 is 0 Å². The summed E-state index contributed by atoms with van der Waals surface area (Å²) in [6.45, 7) is 4.62. The number of carboxylic acids is 1. The first-order valence-electron chi connectivity index (χ1n) is 7.65. The molecular formula is C17H21N3O2. The Morgan fingerprint density at radius 3 is 2.91 bits per heavy atom. The van der Waals surface area contributed by atoms with Gasteiger partial charge in [0.25, 0.3) is 0 Å². The molecule has 0 fully saturated rings. The molecule has 1 aromatic heterocycles. The predicted octanol–water partition coefficient (Wildman–Crippen LogP) is 2.24. The molecule has 0 bridgehead atoms. The molecule has 0 amide bonds. The number of hydrogen-bond donors (Lipinski definition) is 1. The highest BCUT2D eigenvalue weighted by atomic mass is 16.4. The van der Waals surface area contributed by atoms with Crippen LogP contribution in [0, 0.1) is 0 Å². The minimum absolute atomic E-state index is 0.162. The van der Waals surface area contributed by atoms with E-state index < -0.39 is 5.97 Å². The molecule has 0 atom stereocenters. The smallest absolute Gasteiger partial charge is 0.356 e. The zero-order valence-electron chi connectivity index (χ0n) is 13.0. The Balaban J connectivity index is 1.77. The lowest BCUT2D eigenvalue weighted by molar-refractivity contribution is 0.0687. The van der Waals surface area contributed by atoms with Crippen molar-refractivity contribution in [2.45, 2.75) is 32.9 Å². The standard InChI is InChI=1S/C17H21N3O2/c1-3-12-4-5-14-10-20(7-6-13(14)8-12)11-15-9-19(2)18-16(15)17(21)22/h4-5,8-9H,3,6-7,10-11H2,1-2H3,(H,21,22). The molecule has 22 heavy (non-hydrogen) atoms. The number of hydrogen-bond acceptors (Lipinski definition) is 3. The molecular weight excluding hydrogens is 278 g/mol. The molecule has 1 aliphatic heterocycles. The second-order valence-electron chi connectivity index (χ2n) is 5.90. The number of aromatic nitrogens is 2. The van der Waals surface area contributed by atoms with Crippen LogP contribution in [0.1, 0.15) is 39.7 Å². The van der Waals surface area contributed by atoms with Crippen molar-refractivity contribution in [3.8, 4) is 0 Å². The van der Waals surface area contributed by atoms with E-state index in [0.717, 1.165) is 31.5 Å². The van der Waals surface area contributed by atoms with Gasteiger partial charge in [0.05, 0.1) is 0 Å². The van der Waals surface area contributed by atoms with Gasteiger partial charge in [-0.2, -0.15) is 5.10 Å². The third-order valence-corrected chi connectivity index (χ3v) is 4.27. The molecule has 5 nitrogen and oxygen atoms in total. The number of nitrogens with zero attached hydrogens (tertiary/aromatic N) is 3. The Hall–Kier alpha value is -2.14. The molecule has 116 valence electrons. The van der Waals surface area contributed by atoms with Crippen LogP contribution in [0.15, 0.2) is 24.4 Å². The fraction of sp³-hybridized carbons (Fsp3) is 0.412. The zero-order chi connectivity index (χ0) is 15.7. The summed E-state index contributed by atoms with van der Waals surface area (Å²) < 4.78 is 1.57. The quantitative estimate of drug-likeness (QED) is 0.940. The van der Waals surface area contributed by atoms with Crippen molar-refractivity contribution in [3.63, 3.8) is 0 Å². The van der Waals surface area contributed by atoms with E-state index in [2.05, 4.69) is 35.1 Å². The van der Waals surface area contributed by atoms with Crippen LogP contribution in [0.4, 0.5) is 0 Å². The maximum absolute atomic E-state index is 11.3. The fourth-order valence-electron chi connectivity index (χ4n) is 3.09. The molecule has 2 aromatic rings. The van der Waals surface area contributed by atoms with Crippen molar-refractivity contribution < 1.29 is 9.90 Å². The number of aryl methyl sites for hydroxylation is 2. The molecule has 2 heterocycles. The molecule has 0 saturated heterocycles. The number of rotatable bonds is 4. The highest BCUT2D eigenvalue weighted by Crippen LogP contribution is 2.22. The number of fused-ring (bicyclic) bond motifs is 1. The van der Waals surface area contributed by atoms with Gasteiger partial charge in [0.15, 0.2) is 5.69 Å². The van der Waals surface area contributed by atoms with Gasteiger partial charge in [-0.25, -0.2) is 4.79 Å². The molecule has 1 aliphatic rings. The number of benzene rings is 1. The normalized spacial score (nSPS) is 14.8. The van der Waals surface area contributed by atoms with E-state index in [0.29, 0.717) is 6.54 Å². The lowest BCUT2D eigenvalue weighted by atomic mass is 9.96. The molecule has 0 saturated carbocycles. The summed E-state index contributed by atoms with van der Waals surface area (Å²) in [4.78, 5) is 13.5. The zero-order valence-corrected chi connectivity index (χ0v) is 13.0. The van der Waals surface area contributed by atoms with E-state index in [1.807, 2.05) is 0 Å². The molecule has 1 N–H and O–H groups in total. The van der Waals surface area contributed by atoms with Crippen LogP contribution in [0.25, 0.3) is 0 Å². The maximum Gasteiger partial charge on any atom is 0.356 e. The first-order valence-corrected chi connectivity index (χ1v) is 7.65. The van der Waals surface area contributed by atoms with Crippen LogP contribution in [0.3, 0.4) is 0 Å². The summed E-state index contributed by atoms with van der Waals surface area (Å²) in [7, 11) is 1.76. The average Bonchev–Trinajstić information content (AvgIpc) is 2.87. The van der Waals surface area contributed by atoms with E-state index in [9.17, 15) is 9.90 Å². The van der Waals surface area contributed by atoms with Crippen molar-refractivity contribution in [2.75, 3.05) is 6.54 Å². The molecule has 0 aliphatic carbocycles. The first kappa shape index (κ1) is 14.8. The Bertz CT molecular complexity index is 706. The second-order valence-corrected chi connectivity index (χ2v) is 5.90. The molecule has 0 radical (unpaired) electrons. The second kappa shape index (κ2) is 5.93. The Morgan fingerprint density at radius 1 is 1.36 bits per heavy atom. The summed E-state index contributed by atoms with van der Waals surface area (Å²) in [5, 5.41) is 13.3. The van der Waals surface area contributed by atoms with E-state index in [-0.39, 0.29) is 5.69 Å². The van der Waals surface area contributed by atoms with Crippen molar-refractivity contribution in [1.82, 2.24) is 14.7 Å². The van der Waals surface area contributed by atoms with E-state index in [1.54, 1.807) is 17.9 Å². The van der Waals surface area contributed by atoms with Gasteiger partial charge in [0.1, 0.15) is 0 Å². The Labute approximate surface area is 130 Å². The fourth-order valence-corrected chi connectivity index (χ4v) is 3.09. The van der Waals surface area contributed by atoms with Crippen LogP contribution in [0.5, 0.6) is 0 Å². The van der Waals surface area contributed by atoms with Gasteiger partial charge in [0.2, 0.25) is 0 Å². The third-order valence-electron chi connectivity index (χ3n) is 4.27. The minimum Gasteiger partial charge on any atom is -0.476 e. The van der Waals surface area contributed by atoms with Crippen LogP contribution >= 0.6 is 0 Å². The summed E-state index contributed by atoms with van der Waals surface area (Å²) >= 11 is 0. The van der Waals surface area contributed by atoms with Crippen molar-refractivity contribution in [2.24, 2.45) is 7.05 Å². The van der Waals surface area contributed by atoms with Gasteiger partial charge in [-0.3, -0.25) is 9.58 Å². The summed E-state index contributed by atoms with van der Waals surface area (Å²) in [5.74, 6) is -0.958. The van der Waals surface area contributed by atoms with Gasteiger partial charge < -0.3 is 5.11 Å². The summed E-state index contributed by atoms with van der Waals surface area (Å²) in [6, 6.07) is 6.70. The predicted molar refractivity (Wildman–Crippen MR) is 83.8 cm³/mol.